The van der Waals surface area contributed by atoms with Crippen LogP contribution in [0, 0.1) is 0 Å². The number of piperidine rings is 1. The summed E-state index contributed by atoms with van der Waals surface area (Å²) in [7, 11) is 0. The van der Waals surface area contributed by atoms with Crippen molar-refractivity contribution in [2.45, 2.75) is 37.3 Å². The molecule has 0 bridgehead atoms. The molecule has 2 saturated heterocycles. The van der Waals surface area contributed by atoms with Crippen LogP contribution in [0.15, 0.2) is 30.3 Å². The van der Waals surface area contributed by atoms with Crippen molar-refractivity contribution in [1.29, 1.82) is 0 Å². The van der Waals surface area contributed by atoms with Gasteiger partial charge in [-0.2, -0.15) is 13.2 Å². The standard InChI is InChI=1S/C17H19F3N2O4/c1-15(25-14(24)17(18,19)20)13(23)22(12-5-3-2-4-6-12)11-16(26-15)7-9-21-10-8-16/h2-6,21H,7-11H2,1H3. The van der Waals surface area contributed by atoms with Gasteiger partial charge >= 0.3 is 12.1 Å². The highest BCUT2D eigenvalue weighted by Crippen LogP contribution is 2.39. The molecule has 2 aliphatic heterocycles. The Labute approximate surface area is 148 Å². The van der Waals surface area contributed by atoms with Crippen LogP contribution in [0.5, 0.6) is 0 Å². The van der Waals surface area contributed by atoms with Gasteiger partial charge < -0.3 is 19.7 Å². The molecule has 1 spiro atoms. The van der Waals surface area contributed by atoms with Crippen molar-refractivity contribution in [3.63, 3.8) is 0 Å². The van der Waals surface area contributed by atoms with Gasteiger partial charge in [-0.05, 0) is 38.1 Å². The lowest BCUT2D eigenvalue weighted by atomic mass is 9.88. The molecule has 2 fully saturated rings. The van der Waals surface area contributed by atoms with Gasteiger partial charge in [0.1, 0.15) is 0 Å². The van der Waals surface area contributed by atoms with Crippen LogP contribution in [0.4, 0.5) is 18.9 Å². The molecule has 1 aromatic carbocycles. The third kappa shape index (κ3) is 3.54. The lowest BCUT2D eigenvalue weighted by Gasteiger charge is -2.50. The quantitative estimate of drug-likeness (QED) is 0.805. The van der Waals surface area contributed by atoms with E-state index >= 15 is 0 Å². The molecule has 1 atom stereocenters. The molecular formula is C17H19F3N2O4. The van der Waals surface area contributed by atoms with E-state index in [1.54, 1.807) is 30.3 Å². The van der Waals surface area contributed by atoms with E-state index in [9.17, 15) is 22.8 Å². The Bertz CT molecular complexity index is 689. The molecule has 3 rings (SSSR count). The Morgan fingerprint density at radius 3 is 2.42 bits per heavy atom. The molecule has 0 radical (unpaired) electrons. The summed E-state index contributed by atoms with van der Waals surface area (Å²) in [4.78, 5) is 25.6. The number of carbonyl (C=O) groups is 2. The second kappa shape index (κ2) is 6.55. The third-order valence-corrected chi connectivity index (χ3v) is 4.59. The molecule has 1 amide bonds. The number of benzene rings is 1. The summed E-state index contributed by atoms with van der Waals surface area (Å²) < 4.78 is 48.4. The number of morpholine rings is 1. The first-order chi connectivity index (χ1) is 12.2. The van der Waals surface area contributed by atoms with Crippen LogP contribution in [0.1, 0.15) is 19.8 Å². The number of alkyl halides is 3. The molecule has 6 nitrogen and oxygen atoms in total. The van der Waals surface area contributed by atoms with E-state index in [2.05, 4.69) is 10.1 Å². The number of esters is 1. The van der Waals surface area contributed by atoms with E-state index < -0.39 is 29.4 Å². The highest BCUT2D eigenvalue weighted by Gasteiger charge is 2.57. The van der Waals surface area contributed by atoms with Gasteiger partial charge in [0.15, 0.2) is 0 Å². The van der Waals surface area contributed by atoms with E-state index in [1.165, 1.54) is 4.90 Å². The fourth-order valence-corrected chi connectivity index (χ4v) is 3.35. The summed E-state index contributed by atoms with van der Waals surface area (Å²) in [5.74, 6) is -5.64. The maximum Gasteiger partial charge on any atom is 0.491 e. The van der Waals surface area contributed by atoms with E-state index in [0.29, 0.717) is 31.6 Å². The normalized spacial score (nSPS) is 26.0. The Morgan fingerprint density at radius 2 is 1.85 bits per heavy atom. The van der Waals surface area contributed by atoms with Crippen molar-refractivity contribution in [3.8, 4) is 0 Å². The van der Waals surface area contributed by atoms with Crippen LogP contribution in [0.25, 0.3) is 0 Å². The molecule has 1 aromatic rings. The van der Waals surface area contributed by atoms with Crippen molar-refractivity contribution in [2.24, 2.45) is 0 Å². The summed E-state index contributed by atoms with van der Waals surface area (Å²) in [6.45, 7) is 2.41. The predicted molar refractivity (Wildman–Crippen MR) is 85.3 cm³/mol. The van der Waals surface area contributed by atoms with Crippen molar-refractivity contribution < 1.29 is 32.2 Å². The number of halogens is 3. The van der Waals surface area contributed by atoms with Gasteiger partial charge in [0.25, 0.3) is 11.7 Å². The molecule has 0 saturated carbocycles. The van der Waals surface area contributed by atoms with Crippen LogP contribution in [-0.2, 0) is 19.1 Å². The minimum atomic E-state index is -5.22. The van der Waals surface area contributed by atoms with Crippen molar-refractivity contribution in [3.05, 3.63) is 30.3 Å². The van der Waals surface area contributed by atoms with E-state index in [0.717, 1.165) is 6.92 Å². The first-order valence-corrected chi connectivity index (χ1v) is 8.23. The van der Waals surface area contributed by atoms with Crippen LogP contribution >= 0.6 is 0 Å². The van der Waals surface area contributed by atoms with Crippen LogP contribution in [-0.4, -0.2) is 49.1 Å². The molecule has 2 heterocycles. The van der Waals surface area contributed by atoms with Gasteiger partial charge in [-0.3, -0.25) is 4.79 Å². The average Bonchev–Trinajstić information content (AvgIpc) is 2.59. The largest absolute Gasteiger partial charge is 0.491 e. The smallest absolute Gasteiger partial charge is 0.417 e. The first kappa shape index (κ1) is 18.7. The molecule has 1 unspecified atom stereocenters. The monoisotopic (exact) mass is 372 g/mol. The molecule has 0 aromatic heterocycles. The summed E-state index contributed by atoms with van der Waals surface area (Å²) >= 11 is 0. The number of nitrogens with one attached hydrogen (secondary N) is 1. The summed E-state index contributed by atoms with van der Waals surface area (Å²) in [6, 6.07) is 8.53. The van der Waals surface area contributed by atoms with Crippen LogP contribution in [0.3, 0.4) is 0 Å². The van der Waals surface area contributed by atoms with E-state index in [1.807, 2.05) is 0 Å². The Kier molecular flexibility index (Phi) is 4.70. The number of ether oxygens (including phenoxy) is 2. The Hall–Kier alpha value is -2.13. The third-order valence-electron chi connectivity index (χ3n) is 4.59. The second-order valence-electron chi connectivity index (χ2n) is 6.59. The summed E-state index contributed by atoms with van der Waals surface area (Å²) in [5.41, 5.74) is -0.386. The van der Waals surface area contributed by atoms with Gasteiger partial charge in [0, 0.05) is 12.6 Å². The maximum absolute atomic E-state index is 12.9. The SMILES string of the molecule is CC1(OC(=O)C(F)(F)F)OC2(CCNCC2)CN(c2ccccc2)C1=O. The van der Waals surface area contributed by atoms with Crippen LogP contribution < -0.4 is 10.2 Å². The number of rotatable bonds is 2. The molecule has 9 heteroatoms. The molecule has 1 N–H and O–H groups in total. The fourth-order valence-electron chi connectivity index (χ4n) is 3.35. The zero-order valence-electron chi connectivity index (χ0n) is 14.1. The Morgan fingerprint density at radius 1 is 1.23 bits per heavy atom. The van der Waals surface area contributed by atoms with Gasteiger partial charge in [-0.15, -0.1) is 0 Å². The number of hydrogen-bond acceptors (Lipinski definition) is 5. The topological polar surface area (TPSA) is 67.9 Å². The lowest BCUT2D eigenvalue weighted by Crippen LogP contribution is -2.67. The van der Waals surface area contributed by atoms with Crippen molar-refractivity contribution in [2.75, 3.05) is 24.5 Å². The zero-order chi connectivity index (χ0) is 19.0. The zero-order valence-corrected chi connectivity index (χ0v) is 14.1. The minimum absolute atomic E-state index is 0.177. The van der Waals surface area contributed by atoms with Crippen molar-refractivity contribution >= 4 is 17.6 Å². The lowest BCUT2D eigenvalue weighted by molar-refractivity contribution is -0.285. The average molecular weight is 372 g/mol. The van der Waals surface area contributed by atoms with Gasteiger partial charge in [0.05, 0.1) is 12.1 Å². The van der Waals surface area contributed by atoms with Gasteiger partial charge in [0.2, 0.25) is 0 Å². The number of carbonyl (C=O) groups excluding carboxylic acids is 2. The van der Waals surface area contributed by atoms with E-state index in [-0.39, 0.29) is 6.54 Å². The number of amides is 1. The number of anilines is 1. The molecule has 26 heavy (non-hydrogen) atoms. The second-order valence-corrected chi connectivity index (χ2v) is 6.59. The molecular weight excluding hydrogens is 353 g/mol. The minimum Gasteiger partial charge on any atom is -0.417 e. The van der Waals surface area contributed by atoms with E-state index in [4.69, 9.17) is 4.74 Å². The fraction of sp³-hybridized carbons (Fsp3) is 0.529. The van der Waals surface area contributed by atoms with Gasteiger partial charge in [-0.25, -0.2) is 4.79 Å². The predicted octanol–water partition coefficient (Wildman–Crippen LogP) is 1.99. The molecule has 2 aliphatic rings. The van der Waals surface area contributed by atoms with Crippen molar-refractivity contribution in [1.82, 2.24) is 5.32 Å². The highest BCUT2D eigenvalue weighted by molar-refractivity contribution is 6.00. The highest BCUT2D eigenvalue weighted by atomic mass is 19.4. The summed E-state index contributed by atoms with van der Waals surface area (Å²) in [5, 5.41) is 3.14. The maximum atomic E-state index is 12.9. The summed E-state index contributed by atoms with van der Waals surface area (Å²) in [6.07, 6.45) is -4.27. The van der Waals surface area contributed by atoms with Gasteiger partial charge in [-0.1, -0.05) is 18.2 Å². The first-order valence-electron chi connectivity index (χ1n) is 8.23. The van der Waals surface area contributed by atoms with Crippen LogP contribution in [0.2, 0.25) is 0 Å². The number of nitrogens with zero attached hydrogens (tertiary/aromatic N) is 1. The number of para-hydroxylation sites is 1. The Balaban J connectivity index is 1.97. The molecule has 0 aliphatic carbocycles. The number of hydrogen-bond donors (Lipinski definition) is 1. The molecule has 142 valence electrons.